The van der Waals surface area contributed by atoms with E-state index in [1.165, 1.54) is 4.90 Å². The molecular formula is C12H20N2O5S. The SMILES string of the molecule is CCOC(=O)C1CNCCN1C(=O)C1CCS(=O)(=O)C1. The third-order valence-corrected chi connectivity index (χ3v) is 5.43. The smallest absolute Gasteiger partial charge is 0.330 e. The highest BCUT2D eigenvalue weighted by Gasteiger charge is 2.40. The molecule has 2 heterocycles. The number of rotatable bonds is 3. The molecule has 0 aromatic heterocycles. The third kappa shape index (κ3) is 3.29. The highest BCUT2D eigenvalue weighted by Crippen LogP contribution is 2.22. The molecule has 2 aliphatic rings. The van der Waals surface area contributed by atoms with Gasteiger partial charge in [-0.15, -0.1) is 0 Å². The summed E-state index contributed by atoms with van der Waals surface area (Å²) < 4.78 is 27.9. The summed E-state index contributed by atoms with van der Waals surface area (Å²) in [7, 11) is -3.11. The molecule has 2 aliphatic heterocycles. The summed E-state index contributed by atoms with van der Waals surface area (Å²) >= 11 is 0. The first-order valence-electron chi connectivity index (χ1n) is 6.83. The Morgan fingerprint density at radius 2 is 2.15 bits per heavy atom. The monoisotopic (exact) mass is 304 g/mol. The van der Waals surface area contributed by atoms with Crippen molar-refractivity contribution in [3.8, 4) is 0 Å². The molecule has 1 amide bonds. The highest BCUT2D eigenvalue weighted by molar-refractivity contribution is 7.91. The Bertz CT molecular complexity index is 490. The first-order valence-corrected chi connectivity index (χ1v) is 8.65. The summed E-state index contributed by atoms with van der Waals surface area (Å²) in [4.78, 5) is 25.8. The number of esters is 1. The van der Waals surface area contributed by atoms with E-state index in [2.05, 4.69) is 5.32 Å². The third-order valence-electron chi connectivity index (χ3n) is 3.67. The van der Waals surface area contributed by atoms with E-state index in [-0.39, 0.29) is 24.0 Å². The fraction of sp³-hybridized carbons (Fsp3) is 0.833. The number of nitrogens with one attached hydrogen (secondary N) is 1. The van der Waals surface area contributed by atoms with Crippen LogP contribution in [0.1, 0.15) is 13.3 Å². The predicted octanol–water partition coefficient (Wildman–Crippen LogP) is -1.22. The summed E-state index contributed by atoms with van der Waals surface area (Å²) in [6.07, 6.45) is 0.348. The van der Waals surface area contributed by atoms with Gasteiger partial charge in [-0.25, -0.2) is 13.2 Å². The first-order chi connectivity index (χ1) is 9.44. The Balaban J connectivity index is 2.08. The minimum atomic E-state index is -3.11. The lowest BCUT2D eigenvalue weighted by Gasteiger charge is -2.35. The molecule has 0 bridgehead atoms. The average molecular weight is 304 g/mol. The Kier molecular flexibility index (Phi) is 4.64. The van der Waals surface area contributed by atoms with Crippen LogP contribution in [0, 0.1) is 5.92 Å². The Hall–Kier alpha value is -1.15. The number of sulfone groups is 1. The summed E-state index contributed by atoms with van der Waals surface area (Å²) in [6, 6.07) is -0.653. The van der Waals surface area contributed by atoms with E-state index in [0.717, 1.165) is 0 Å². The molecule has 2 saturated heterocycles. The second-order valence-corrected chi connectivity index (χ2v) is 7.33. The van der Waals surface area contributed by atoms with E-state index in [1.807, 2.05) is 0 Å². The number of nitrogens with zero attached hydrogens (tertiary/aromatic N) is 1. The molecule has 0 aromatic rings. The normalized spacial score (nSPS) is 29.1. The van der Waals surface area contributed by atoms with Crippen molar-refractivity contribution in [2.45, 2.75) is 19.4 Å². The minimum Gasteiger partial charge on any atom is -0.464 e. The molecule has 2 fully saturated rings. The molecule has 2 rings (SSSR count). The molecule has 0 aromatic carbocycles. The van der Waals surface area contributed by atoms with E-state index in [0.29, 0.717) is 26.1 Å². The Morgan fingerprint density at radius 3 is 2.75 bits per heavy atom. The zero-order chi connectivity index (χ0) is 14.8. The molecule has 0 spiro atoms. The fourth-order valence-corrected chi connectivity index (χ4v) is 4.37. The molecule has 2 atom stereocenters. The molecule has 2 unspecified atom stereocenters. The van der Waals surface area contributed by atoms with Crippen molar-refractivity contribution in [1.29, 1.82) is 0 Å². The van der Waals surface area contributed by atoms with Gasteiger partial charge in [0.1, 0.15) is 6.04 Å². The van der Waals surface area contributed by atoms with Gasteiger partial charge < -0.3 is 15.0 Å². The molecule has 0 aliphatic carbocycles. The molecule has 8 heteroatoms. The number of piperazine rings is 1. The number of carbonyl (C=O) groups excluding carboxylic acids is 2. The lowest BCUT2D eigenvalue weighted by molar-refractivity contribution is -0.157. The predicted molar refractivity (Wildman–Crippen MR) is 71.8 cm³/mol. The van der Waals surface area contributed by atoms with Crippen molar-refractivity contribution >= 4 is 21.7 Å². The molecule has 0 radical (unpaired) electrons. The van der Waals surface area contributed by atoms with Crippen LogP contribution < -0.4 is 5.32 Å². The summed E-state index contributed by atoms with van der Waals surface area (Å²) in [5.74, 6) is -1.25. The lowest BCUT2D eigenvalue weighted by Crippen LogP contribution is -2.58. The van der Waals surface area contributed by atoms with Gasteiger partial charge in [0.25, 0.3) is 0 Å². The summed E-state index contributed by atoms with van der Waals surface area (Å²) in [5, 5.41) is 3.05. The van der Waals surface area contributed by atoms with Crippen LogP contribution in [0.5, 0.6) is 0 Å². The van der Waals surface area contributed by atoms with Crippen molar-refractivity contribution in [3.63, 3.8) is 0 Å². The summed E-state index contributed by atoms with van der Waals surface area (Å²) in [5.41, 5.74) is 0. The Labute approximate surface area is 118 Å². The lowest BCUT2D eigenvalue weighted by atomic mass is 10.0. The van der Waals surface area contributed by atoms with Crippen LogP contribution in [0.25, 0.3) is 0 Å². The molecule has 20 heavy (non-hydrogen) atoms. The maximum atomic E-state index is 12.4. The van der Waals surface area contributed by atoms with Crippen LogP contribution in [0.4, 0.5) is 0 Å². The van der Waals surface area contributed by atoms with E-state index in [4.69, 9.17) is 4.74 Å². The van der Waals surface area contributed by atoms with Crippen LogP contribution in [0.15, 0.2) is 0 Å². The molecule has 114 valence electrons. The van der Waals surface area contributed by atoms with Gasteiger partial charge in [-0.2, -0.15) is 0 Å². The van der Waals surface area contributed by atoms with Gasteiger partial charge in [-0.05, 0) is 13.3 Å². The topological polar surface area (TPSA) is 92.8 Å². The van der Waals surface area contributed by atoms with Crippen LogP contribution in [-0.4, -0.2) is 69.0 Å². The van der Waals surface area contributed by atoms with E-state index >= 15 is 0 Å². The van der Waals surface area contributed by atoms with Gasteiger partial charge >= 0.3 is 5.97 Å². The molecular weight excluding hydrogens is 284 g/mol. The van der Waals surface area contributed by atoms with Crippen molar-refractivity contribution in [1.82, 2.24) is 10.2 Å². The van der Waals surface area contributed by atoms with E-state index in [9.17, 15) is 18.0 Å². The maximum Gasteiger partial charge on any atom is 0.330 e. The molecule has 1 N–H and O–H groups in total. The van der Waals surface area contributed by atoms with Crippen LogP contribution in [0.3, 0.4) is 0 Å². The van der Waals surface area contributed by atoms with Crippen LogP contribution in [0.2, 0.25) is 0 Å². The van der Waals surface area contributed by atoms with Gasteiger partial charge in [0.2, 0.25) is 5.91 Å². The van der Waals surface area contributed by atoms with Crippen LogP contribution >= 0.6 is 0 Å². The van der Waals surface area contributed by atoms with Crippen molar-refractivity contribution in [2.75, 3.05) is 37.7 Å². The van der Waals surface area contributed by atoms with Crippen molar-refractivity contribution in [3.05, 3.63) is 0 Å². The van der Waals surface area contributed by atoms with Gasteiger partial charge in [-0.3, -0.25) is 4.79 Å². The summed E-state index contributed by atoms with van der Waals surface area (Å²) in [6.45, 7) is 3.32. The largest absolute Gasteiger partial charge is 0.464 e. The zero-order valence-electron chi connectivity index (χ0n) is 11.5. The first kappa shape index (κ1) is 15.2. The minimum absolute atomic E-state index is 0.0551. The zero-order valence-corrected chi connectivity index (χ0v) is 12.3. The van der Waals surface area contributed by atoms with Crippen molar-refractivity contribution < 1.29 is 22.7 Å². The number of amides is 1. The second kappa shape index (κ2) is 6.09. The Morgan fingerprint density at radius 1 is 1.40 bits per heavy atom. The van der Waals surface area contributed by atoms with E-state index in [1.54, 1.807) is 6.92 Å². The highest BCUT2D eigenvalue weighted by atomic mass is 32.2. The number of hydrogen-bond acceptors (Lipinski definition) is 6. The van der Waals surface area contributed by atoms with Gasteiger partial charge in [0.15, 0.2) is 9.84 Å². The number of hydrogen-bond donors (Lipinski definition) is 1. The van der Waals surface area contributed by atoms with Crippen molar-refractivity contribution in [2.24, 2.45) is 5.92 Å². The molecule has 0 saturated carbocycles. The van der Waals surface area contributed by atoms with E-state index < -0.39 is 27.8 Å². The second-order valence-electron chi connectivity index (χ2n) is 5.10. The fourth-order valence-electron chi connectivity index (χ4n) is 2.64. The van der Waals surface area contributed by atoms with Gasteiger partial charge in [-0.1, -0.05) is 0 Å². The van der Waals surface area contributed by atoms with Crippen LogP contribution in [-0.2, 0) is 24.2 Å². The van der Waals surface area contributed by atoms with Gasteiger partial charge in [0.05, 0.1) is 24.0 Å². The number of carbonyl (C=O) groups is 2. The standard InChI is InChI=1S/C12H20N2O5S/c1-2-19-12(16)10-7-13-4-5-14(10)11(15)9-3-6-20(17,18)8-9/h9-10,13H,2-8H2,1H3. The quantitative estimate of drug-likeness (QED) is 0.657. The van der Waals surface area contributed by atoms with Gasteiger partial charge in [0, 0.05) is 19.6 Å². The molecule has 7 nitrogen and oxygen atoms in total. The number of ether oxygens (including phenoxy) is 1. The average Bonchev–Trinajstić information content (AvgIpc) is 2.78. The maximum absolute atomic E-state index is 12.4.